The van der Waals surface area contributed by atoms with Gasteiger partial charge in [0, 0.05) is 13.0 Å². The first-order valence-corrected chi connectivity index (χ1v) is 4.70. The molecule has 0 spiro atoms. The third-order valence-electron chi connectivity index (χ3n) is 1.71. The topological polar surface area (TPSA) is 27.7 Å². The van der Waals surface area contributed by atoms with Crippen LogP contribution in [-0.4, -0.2) is 21.0 Å². The first kappa shape index (κ1) is 11.1. The average molecular weight is 217 g/mol. The second-order valence-electron chi connectivity index (χ2n) is 2.67. The Hall–Kier alpha value is -0.930. The lowest BCUT2D eigenvalue weighted by molar-refractivity contribution is 0.0491. The Morgan fingerprint density at radius 3 is 2.57 bits per heavy atom. The molecule has 0 unspecified atom stereocenters. The second kappa shape index (κ2) is 5.73. The summed E-state index contributed by atoms with van der Waals surface area (Å²) in [6.07, 6.45) is 0. The zero-order valence-corrected chi connectivity index (χ0v) is 9.00. The number of halogens is 1. The Kier molecular flexibility index (Phi) is 4.56. The summed E-state index contributed by atoms with van der Waals surface area (Å²) in [6, 6.07) is 5.55. The Bertz CT molecular complexity index is 289. The standard InChI is InChI=1S/C10H13ClO3/c1-12-7-14-9-4-3-8(6-11)5-10(9)13-2/h3-5H,6-7H2,1-2H3. The van der Waals surface area contributed by atoms with Crippen molar-refractivity contribution >= 4 is 11.6 Å². The highest BCUT2D eigenvalue weighted by molar-refractivity contribution is 6.17. The summed E-state index contributed by atoms with van der Waals surface area (Å²) >= 11 is 5.69. The van der Waals surface area contributed by atoms with Crippen LogP contribution in [0.25, 0.3) is 0 Å². The van der Waals surface area contributed by atoms with Crippen molar-refractivity contribution in [1.82, 2.24) is 0 Å². The molecule has 0 bridgehead atoms. The van der Waals surface area contributed by atoms with Crippen molar-refractivity contribution in [2.45, 2.75) is 5.88 Å². The van der Waals surface area contributed by atoms with Gasteiger partial charge in [-0.3, -0.25) is 0 Å². The van der Waals surface area contributed by atoms with E-state index in [1.54, 1.807) is 14.2 Å². The summed E-state index contributed by atoms with van der Waals surface area (Å²) in [6.45, 7) is 0.205. The van der Waals surface area contributed by atoms with Gasteiger partial charge in [-0.25, -0.2) is 0 Å². The van der Waals surface area contributed by atoms with Crippen molar-refractivity contribution in [2.24, 2.45) is 0 Å². The molecule has 0 saturated heterocycles. The van der Waals surface area contributed by atoms with Gasteiger partial charge in [-0.05, 0) is 17.7 Å². The first-order valence-electron chi connectivity index (χ1n) is 4.16. The van der Waals surface area contributed by atoms with Gasteiger partial charge in [-0.15, -0.1) is 11.6 Å². The molecule has 3 nitrogen and oxygen atoms in total. The molecule has 0 aliphatic rings. The smallest absolute Gasteiger partial charge is 0.188 e. The minimum atomic E-state index is 0.205. The minimum absolute atomic E-state index is 0.205. The molecule has 1 rings (SSSR count). The van der Waals surface area contributed by atoms with Crippen molar-refractivity contribution < 1.29 is 14.2 Å². The lowest BCUT2D eigenvalue weighted by Gasteiger charge is -2.10. The number of benzene rings is 1. The highest BCUT2D eigenvalue weighted by Crippen LogP contribution is 2.28. The van der Waals surface area contributed by atoms with E-state index < -0.39 is 0 Å². The minimum Gasteiger partial charge on any atom is -0.493 e. The predicted molar refractivity (Wildman–Crippen MR) is 55.1 cm³/mol. The van der Waals surface area contributed by atoms with Crippen molar-refractivity contribution in [2.75, 3.05) is 21.0 Å². The van der Waals surface area contributed by atoms with Crippen LogP contribution in [0.4, 0.5) is 0 Å². The number of hydrogen-bond donors (Lipinski definition) is 0. The highest BCUT2D eigenvalue weighted by atomic mass is 35.5. The van der Waals surface area contributed by atoms with E-state index in [-0.39, 0.29) is 6.79 Å². The number of hydrogen-bond acceptors (Lipinski definition) is 3. The fourth-order valence-electron chi connectivity index (χ4n) is 1.04. The molecule has 0 amide bonds. The van der Waals surface area contributed by atoms with Gasteiger partial charge in [-0.1, -0.05) is 6.07 Å². The molecular formula is C10H13ClO3. The number of rotatable bonds is 5. The van der Waals surface area contributed by atoms with E-state index >= 15 is 0 Å². The van der Waals surface area contributed by atoms with Crippen LogP contribution in [0.1, 0.15) is 5.56 Å². The molecule has 1 aromatic carbocycles. The van der Waals surface area contributed by atoms with Gasteiger partial charge in [0.15, 0.2) is 18.3 Å². The van der Waals surface area contributed by atoms with Crippen molar-refractivity contribution in [3.8, 4) is 11.5 Å². The lowest BCUT2D eigenvalue weighted by Crippen LogP contribution is -2.00. The maximum atomic E-state index is 5.69. The number of methoxy groups -OCH3 is 2. The molecule has 0 aromatic heterocycles. The van der Waals surface area contributed by atoms with E-state index in [2.05, 4.69) is 0 Å². The molecule has 0 saturated carbocycles. The average Bonchev–Trinajstić information content (AvgIpc) is 2.26. The summed E-state index contributed by atoms with van der Waals surface area (Å²) in [7, 11) is 3.16. The van der Waals surface area contributed by atoms with E-state index in [9.17, 15) is 0 Å². The zero-order chi connectivity index (χ0) is 10.4. The summed E-state index contributed by atoms with van der Waals surface area (Å²) < 4.78 is 15.2. The molecule has 0 radical (unpaired) electrons. The van der Waals surface area contributed by atoms with Gasteiger partial charge in [-0.2, -0.15) is 0 Å². The predicted octanol–water partition coefficient (Wildman–Crippen LogP) is 2.42. The third-order valence-corrected chi connectivity index (χ3v) is 2.02. The second-order valence-corrected chi connectivity index (χ2v) is 2.94. The summed E-state index contributed by atoms with van der Waals surface area (Å²) in [4.78, 5) is 0. The van der Waals surface area contributed by atoms with E-state index in [4.69, 9.17) is 25.8 Å². The third kappa shape index (κ3) is 2.79. The monoisotopic (exact) mass is 216 g/mol. The fourth-order valence-corrected chi connectivity index (χ4v) is 1.20. The molecule has 1 aromatic rings. The van der Waals surface area contributed by atoms with Crippen molar-refractivity contribution in [1.29, 1.82) is 0 Å². The van der Waals surface area contributed by atoms with Gasteiger partial charge in [0.05, 0.1) is 7.11 Å². The molecule has 4 heteroatoms. The van der Waals surface area contributed by atoms with Gasteiger partial charge >= 0.3 is 0 Å². The van der Waals surface area contributed by atoms with Crippen LogP contribution in [0, 0.1) is 0 Å². The zero-order valence-electron chi connectivity index (χ0n) is 8.25. The molecule has 78 valence electrons. The summed E-state index contributed by atoms with van der Waals surface area (Å²) in [5, 5.41) is 0. The van der Waals surface area contributed by atoms with Gasteiger partial charge in [0.1, 0.15) is 0 Å². The van der Waals surface area contributed by atoms with Crippen molar-refractivity contribution in [3.05, 3.63) is 23.8 Å². The quantitative estimate of drug-likeness (QED) is 0.559. The molecule has 0 N–H and O–H groups in total. The SMILES string of the molecule is COCOc1ccc(CCl)cc1OC. The Morgan fingerprint density at radius 2 is 2.00 bits per heavy atom. The molecular weight excluding hydrogens is 204 g/mol. The highest BCUT2D eigenvalue weighted by Gasteiger charge is 2.04. The van der Waals surface area contributed by atoms with Crippen LogP contribution in [0.15, 0.2) is 18.2 Å². The molecule has 0 atom stereocenters. The lowest BCUT2D eigenvalue weighted by atomic mass is 10.2. The number of alkyl halides is 1. The molecule has 0 aliphatic carbocycles. The maximum Gasteiger partial charge on any atom is 0.188 e. The molecule has 0 aliphatic heterocycles. The Balaban J connectivity index is 2.82. The van der Waals surface area contributed by atoms with Crippen LogP contribution in [0.5, 0.6) is 11.5 Å². The van der Waals surface area contributed by atoms with Crippen LogP contribution in [0.2, 0.25) is 0 Å². The van der Waals surface area contributed by atoms with Gasteiger partial charge in [0.2, 0.25) is 0 Å². The normalized spacial score (nSPS) is 9.93. The van der Waals surface area contributed by atoms with Crippen LogP contribution in [-0.2, 0) is 10.6 Å². The first-order chi connectivity index (χ1) is 6.81. The van der Waals surface area contributed by atoms with Gasteiger partial charge in [0.25, 0.3) is 0 Å². The largest absolute Gasteiger partial charge is 0.493 e. The van der Waals surface area contributed by atoms with E-state index in [1.165, 1.54) is 0 Å². The Labute approximate surface area is 88.5 Å². The summed E-state index contributed by atoms with van der Waals surface area (Å²) in [5.74, 6) is 1.78. The van der Waals surface area contributed by atoms with E-state index in [0.717, 1.165) is 5.56 Å². The van der Waals surface area contributed by atoms with E-state index in [0.29, 0.717) is 17.4 Å². The van der Waals surface area contributed by atoms with Crippen LogP contribution >= 0.6 is 11.6 Å². The van der Waals surface area contributed by atoms with Crippen molar-refractivity contribution in [3.63, 3.8) is 0 Å². The molecule has 14 heavy (non-hydrogen) atoms. The Morgan fingerprint density at radius 1 is 1.21 bits per heavy atom. The maximum absolute atomic E-state index is 5.69. The molecule has 0 heterocycles. The van der Waals surface area contributed by atoms with Gasteiger partial charge < -0.3 is 14.2 Å². The van der Waals surface area contributed by atoms with E-state index in [1.807, 2.05) is 18.2 Å². The molecule has 0 fully saturated rings. The number of ether oxygens (including phenoxy) is 3. The van der Waals surface area contributed by atoms with Crippen LogP contribution in [0.3, 0.4) is 0 Å². The summed E-state index contributed by atoms with van der Waals surface area (Å²) in [5.41, 5.74) is 0.994. The van der Waals surface area contributed by atoms with Crippen LogP contribution < -0.4 is 9.47 Å². The fraction of sp³-hybridized carbons (Fsp3) is 0.400.